The molecule has 0 aliphatic rings. The van der Waals surface area contributed by atoms with E-state index in [1.807, 2.05) is 0 Å². The van der Waals surface area contributed by atoms with Gasteiger partial charge >= 0.3 is 0 Å². The van der Waals surface area contributed by atoms with E-state index < -0.39 is 10.0 Å². The van der Waals surface area contributed by atoms with Crippen LogP contribution >= 0.6 is 0 Å². The molecule has 0 heterocycles. The highest BCUT2D eigenvalue weighted by Gasteiger charge is 2.13. The summed E-state index contributed by atoms with van der Waals surface area (Å²) in [4.78, 5) is 0.126. The zero-order chi connectivity index (χ0) is 11.5. The topological polar surface area (TPSA) is 72.2 Å². The molecule has 80 valence electrons. The number of sulfonamides is 1. The normalized spacial score (nSPS) is 10.9. The smallest absolute Gasteiger partial charge is 0.241 e. The molecule has 0 amide bonds. The van der Waals surface area contributed by atoms with Crippen LogP contribution in [0.25, 0.3) is 0 Å². The standard InChI is InChI=1S/C10H12N2O2S/c1-3-6-12-15(13,14)9-5-4-8(2)10(11)7-9/h1,4-5,7,12H,6,11H2,2H3. The van der Waals surface area contributed by atoms with Crippen molar-refractivity contribution < 1.29 is 8.42 Å². The minimum Gasteiger partial charge on any atom is -0.398 e. The van der Waals surface area contributed by atoms with Crippen molar-refractivity contribution in [2.45, 2.75) is 11.8 Å². The Labute approximate surface area is 89.5 Å². The zero-order valence-electron chi connectivity index (χ0n) is 8.32. The molecule has 0 aliphatic carbocycles. The van der Waals surface area contributed by atoms with E-state index in [4.69, 9.17) is 12.2 Å². The van der Waals surface area contributed by atoms with Gasteiger partial charge < -0.3 is 5.73 Å². The first kappa shape index (κ1) is 11.6. The highest BCUT2D eigenvalue weighted by atomic mass is 32.2. The van der Waals surface area contributed by atoms with Gasteiger partial charge in [0.1, 0.15) is 0 Å². The number of terminal acetylenes is 1. The van der Waals surface area contributed by atoms with Gasteiger partial charge in [-0.3, -0.25) is 0 Å². The van der Waals surface area contributed by atoms with Crippen molar-refractivity contribution in [2.24, 2.45) is 0 Å². The van der Waals surface area contributed by atoms with Gasteiger partial charge in [-0.2, -0.15) is 4.72 Å². The number of nitrogen functional groups attached to an aromatic ring is 1. The van der Waals surface area contributed by atoms with E-state index in [1.165, 1.54) is 12.1 Å². The number of hydrogen-bond donors (Lipinski definition) is 2. The first-order chi connectivity index (χ1) is 6.97. The molecule has 0 fully saturated rings. The van der Waals surface area contributed by atoms with Crippen LogP contribution in [0.1, 0.15) is 5.56 Å². The predicted molar refractivity (Wildman–Crippen MR) is 59.6 cm³/mol. The van der Waals surface area contributed by atoms with Gasteiger partial charge in [0.2, 0.25) is 10.0 Å². The summed E-state index contributed by atoms with van der Waals surface area (Å²) in [6.45, 7) is 1.77. The van der Waals surface area contributed by atoms with E-state index in [2.05, 4.69) is 10.6 Å². The Kier molecular flexibility index (Phi) is 3.35. The number of benzene rings is 1. The number of rotatable bonds is 3. The van der Waals surface area contributed by atoms with Crippen LogP contribution in [0.4, 0.5) is 5.69 Å². The summed E-state index contributed by atoms with van der Waals surface area (Å²) in [5.74, 6) is 2.20. The molecule has 1 rings (SSSR count). The Morgan fingerprint density at radius 2 is 2.20 bits per heavy atom. The van der Waals surface area contributed by atoms with Crippen molar-refractivity contribution in [3.63, 3.8) is 0 Å². The van der Waals surface area contributed by atoms with Gasteiger partial charge in [0, 0.05) is 5.69 Å². The summed E-state index contributed by atoms with van der Waals surface area (Å²) >= 11 is 0. The van der Waals surface area contributed by atoms with E-state index in [1.54, 1.807) is 13.0 Å². The molecule has 0 unspecified atom stereocenters. The summed E-state index contributed by atoms with van der Waals surface area (Å²) in [7, 11) is -3.53. The zero-order valence-corrected chi connectivity index (χ0v) is 9.14. The molecule has 5 heteroatoms. The second kappa shape index (κ2) is 4.34. The van der Waals surface area contributed by atoms with Gasteiger partial charge in [-0.1, -0.05) is 12.0 Å². The second-order valence-electron chi connectivity index (χ2n) is 3.05. The molecule has 0 atom stereocenters. The summed E-state index contributed by atoms with van der Waals surface area (Å²) < 4.78 is 25.4. The maximum absolute atomic E-state index is 11.6. The lowest BCUT2D eigenvalue weighted by Gasteiger charge is -2.06. The van der Waals surface area contributed by atoms with E-state index >= 15 is 0 Å². The monoisotopic (exact) mass is 224 g/mol. The maximum Gasteiger partial charge on any atom is 0.241 e. The third-order valence-corrected chi connectivity index (χ3v) is 3.32. The lowest BCUT2D eigenvalue weighted by Crippen LogP contribution is -2.24. The van der Waals surface area contributed by atoms with Crippen LogP contribution in [0, 0.1) is 19.3 Å². The number of hydrogen-bond acceptors (Lipinski definition) is 3. The van der Waals surface area contributed by atoms with Crippen LogP contribution in [0.3, 0.4) is 0 Å². The molecular weight excluding hydrogens is 212 g/mol. The molecule has 0 spiro atoms. The van der Waals surface area contributed by atoms with Gasteiger partial charge in [0.15, 0.2) is 0 Å². The third-order valence-electron chi connectivity index (χ3n) is 1.93. The Balaban J connectivity index is 3.07. The quantitative estimate of drug-likeness (QED) is 0.579. The molecule has 0 saturated carbocycles. The van der Waals surface area contributed by atoms with E-state index in [0.29, 0.717) is 5.69 Å². The average Bonchev–Trinajstić information content (AvgIpc) is 2.19. The van der Waals surface area contributed by atoms with Gasteiger partial charge in [0.25, 0.3) is 0 Å². The molecule has 3 N–H and O–H groups in total. The second-order valence-corrected chi connectivity index (χ2v) is 4.81. The molecule has 4 nitrogen and oxygen atoms in total. The molecule has 0 aromatic heterocycles. The predicted octanol–water partition coefficient (Wildman–Crippen LogP) is 0.489. The van der Waals surface area contributed by atoms with Crippen LogP contribution < -0.4 is 10.5 Å². The fourth-order valence-electron chi connectivity index (χ4n) is 1.01. The van der Waals surface area contributed by atoms with Gasteiger partial charge in [-0.15, -0.1) is 6.42 Å². The van der Waals surface area contributed by atoms with Crippen LogP contribution in [-0.4, -0.2) is 15.0 Å². The Morgan fingerprint density at radius 3 is 2.73 bits per heavy atom. The van der Waals surface area contributed by atoms with Gasteiger partial charge in [0.05, 0.1) is 11.4 Å². The highest BCUT2D eigenvalue weighted by molar-refractivity contribution is 7.89. The fourth-order valence-corrected chi connectivity index (χ4v) is 1.98. The number of nitrogens with two attached hydrogens (primary N) is 1. The van der Waals surface area contributed by atoms with Crippen molar-refractivity contribution in [1.82, 2.24) is 4.72 Å². The highest BCUT2D eigenvalue weighted by Crippen LogP contribution is 2.16. The molecule has 15 heavy (non-hydrogen) atoms. The number of aryl methyl sites for hydroxylation is 1. The minimum absolute atomic E-state index is 0.0316. The minimum atomic E-state index is -3.53. The molecular formula is C10H12N2O2S. The summed E-state index contributed by atoms with van der Waals surface area (Å²) in [6, 6.07) is 4.55. The summed E-state index contributed by atoms with van der Waals surface area (Å²) in [6.07, 6.45) is 4.97. The first-order valence-electron chi connectivity index (χ1n) is 4.26. The fraction of sp³-hybridized carbons (Fsp3) is 0.200. The van der Waals surface area contributed by atoms with Crippen LogP contribution in [0.2, 0.25) is 0 Å². The average molecular weight is 224 g/mol. The Bertz CT molecular complexity index is 501. The lowest BCUT2D eigenvalue weighted by molar-refractivity contribution is 0.586. The van der Waals surface area contributed by atoms with Crippen molar-refractivity contribution >= 4 is 15.7 Å². The summed E-state index contributed by atoms with van der Waals surface area (Å²) in [5.41, 5.74) is 6.90. The number of nitrogens with one attached hydrogen (secondary N) is 1. The molecule has 0 aliphatic heterocycles. The van der Waals surface area contributed by atoms with Crippen molar-refractivity contribution in [3.8, 4) is 12.3 Å². The van der Waals surface area contributed by atoms with Crippen LogP contribution in [-0.2, 0) is 10.0 Å². The van der Waals surface area contributed by atoms with Gasteiger partial charge in [-0.25, -0.2) is 8.42 Å². The largest absolute Gasteiger partial charge is 0.398 e. The van der Waals surface area contributed by atoms with E-state index in [9.17, 15) is 8.42 Å². The van der Waals surface area contributed by atoms with Crippen molar-refractivity contribution in [1.29, 1.82) is 0 Å². The van der Waals surface area contributed by atoms with Crippen LogP contribution in [0.5, 0.6) is 0 Å². The van der Waals surface area contributed by atoms with Crippen molar-refractivity contribution in [2.75, 3.05) is 12.3 Å². The SMILES string of the molecule is C#CCNS(=O)(=O)c1ccc(C)c(N)c1. The Morgan fingerprint density at radius 1 is 1.53 bits per heavy atom. The van der Waals surface area contributed by atoms with E-state index in [-0.39, 0.29) is 11.4 Å². The molecule has 1 aromatic carbocycles. The lowest BCUT2D eigenvalue weighted by atomic mass is 10.2. The molecule has 1 aromatic rings. The molecule has 0 bridgehead atoms. The molecule has 0 saturated heterocycles. The number of anilines is 1. The first-order valence-corrected chi connectivity index (χ1v) is 5.75. The maximum atomic E-state index is 11.6. The molecule has 0 radical (unpaired) electrons. The third kappa shape index (κ3) is 2.72. The van der Waals surface area contributed by atoms with E-state index in [0.717, 1.165) is 5.56 Å². The van der Waals surface area contributed by atoms with Gasteiger partial charge in [-0.05, 0) is 24.6 Å². The van der Waals surface area contributed by atoms with Crippen LogP contribution in [0.15, 0.2) is 23.1 Å². The summed E-state index contributed by atoms with van der Waals surface area (Å²) in [5, 5.41) is 0. The Hall–Kier alpha value is -1.51. The van der Waals surface area contributed by atoms with Crippen molar-refractivity contribution in [3.05, 3.63) is 23.8 Å².